The summed E-state index contributed by atoms with van der Waals surface area (Å²) in [5.74, 6) is 1.47. The minimum absolute atomic E-state index is 0.0657. The molecule has 3 aromatic rings. The molecule has 8 heteroatoms. The molecule has 2 fully saturated rings. The molecule has 0 bridgehead atoms. The van der Waals surface area contributed by atoms with E-state index in [4.69, 9.17) is 14.1 Å². The van der Waals surface area contributed by atoms with Crippen molar-refractivity contribution in [3.8, 4) is 22.6 Å². The number of hydrogen-bond acceptors (Lipinski definition) is 6. The number of aryl methyl sites for hydroxylation is 1. The molecule has 5 rings (SSSR count). The third-order valence-corrected chi connectivity index (χ3v) is 6.76. The second-order valence-corrected chi connectivity index (χ2v) is 9.17. The van der Waals surface area contributed by atoms with E-state index in [1.54, 1.807) is 0 Å². The minimum atomic E-state index is 0.0657. The summed E-state index contributed by atoms with van der Waals surface area (Å²) in [6.07, 6.45) is 0.756. The van der Waals surface area contributed by atoms with Crippen molar-refractivity contribution in [1.29, 1.82) is 0 Å². The van der Waals surface area contributed by atoms with Crippen LogP contribution in [0.1, 0.15) is 12.3 Å². The third-order valence-electron chi connectivity index (χ3n) is 6.76. The molecule has 2 aliphatic rings. The van der Waals surface area contributed by atoms with Gasteiger partial charge in [0, 0.05) is 63.2 Å². The van der Waals surface area contributed by atoms with Crippen LogP contribution in [0.25, 0.3) is 22.6 Å². The SMILES string of the molecule is O=C(CCc1nc(-c2ccccc2)c(-c2ccccc2)o1)N1CCN(C(=O)CN2CCOCC2)CC1. The number of ether oxygens (including phenoxy) is 1. The van der Waals surface area contributed by atoms with E-state index < -0.39 is 0 Å². The summed E-state index contributed by atoms with van der Waals surface area (Å²) in [5, 5.41) is 0. The quantitative estimate of drug-likeness (QED) is 0.509. The molecule has 3 heterocycles. The largest absolute Gasteiger partial charge is 0.440 e. The van der Waals surface area contributed by atoms with E-state index in [9.17, 15) is 9.59 Å². The van der Waals surface area contributed by atoms with Crippen molar-refractivity contribution in [3.05, 3.63) is 66.6 Å². The molecule has 36 heavy (non-hydrogen) atoms. The van der Waals surface area contributed by atoms with Crippen molar-refractivity contribution in [2.45, 2.75) is 12.8 Å². The predicted molar refractivity (Wildman–Crippen MR) is 136 cm³/mol. The summed E-state index contributed by atoms with van der Waals surface area (Å²) in [5.41, 5.74) is 2.73. The van der Waals surface area contributed by atoms with Gasteiger partial charge in [0.25, 0.3) is 0 Å². The van der Waals surface area contributed by atoms with E-state index in [1.807, 2.05) is 70.5 Å². The molecule has 1 aromatic heterocycles. The van der Waals surface area contributed by atoms with E-state index in [-0.39, 0.29) is 11.8 Å². The highest BCUT2D eigenvalue weighted by atomic mass is 16.5. The van der Waals surface area contributed by atoms with Crippen LogP contribution in [0.3, 0.4) is 0 Å². The average Bonchev–Trinajstić information content (AvgIpc) is 3.38. The van der Waals surface area contributed by atoms with Gasteiger partial charge in [0.05, 0.1) is 19.8 Å². The highest BCUT2D eigenvalue weighted by Crippen LogP contribution is 2.32. The summed E-state index contributed by atoms with van der Waals surface area (Å²) in [6.45, 7) is 5.64. The number of hydrogen-bond donors (Lipinski definition) is 0. The first-order chi connectivity index (χ1) is 17.7. The lowest BCUT2D eigenvalue weighted by atomic mass is 10.1. The molecule has 8 nitrogen and oxygen atoms in total. The first-order valence-corrected chi connectivity index (χ1v) is 12.6. The summed E-state index contributed by atoms with van der Waals surface area (Å²) in [4.78, 5) is 36.2. The van der Waals surface area contributed by atoms with E-state index in [0.29, 0.717) is 64.7 Å². The fourth-order valence-corrected chi connectivity index (χ4v) is 4.68. The molecule has 0 saturated carbocycles. The molecule has 0 aliphatic carbocycles. The van der Waals surface area contributed by atoms with Crippen LogP contribution in [0.2, 0.25) is 0 Å². The first kappa shape index (κ1) is 24.2. The normalized spacial score (nSPS) is 16.8. The average molecular weight is 489 g/mol. The van der Waals surface area contributed by atoms with Gasteiger partial charge in [-0.3, -0.25) is 14.5 Å². The van der Waals surface area contributed by atoms with Crippen LogP contribution in [0.15, 0.2) is 65.1 Å². The van der Waals surface area contributed by atoms with Crippen molar-refractivity contribution in [2.24, 2.45) is 0 Å². The molecule has 0 spiro atoms. The van der Waals surface area contributed by atoms with Gasteiger partial charge in [-0.1, -0.05) is 60.7 Å². The van der Waals surface area contributed by atoms with E-state index in [0.717, 1.165) is 35.7 Å². The Kier molecular flexibility index (Phi) is 7.73. The van der Waals surface area contributed by atoms with Gasteiger partial charge in [0.15, 0.2) is 11.7 Å². The van der Waals surface area contributed by atoms with E-state index >= 15 is 0 Å². The first-order valence-electron chi connectivity index (χ1n) is 12.6. The van der Waals surface area contributed by atoms with Crippen LogP contribution in [-0.2, 0) is 20.7 Å². The standard InChI is InChI=1S/C28H32N4O4/c33-25(31-13-15-32(16-14-31)26(34)21-30-17-19-35-20-18-30)12-11-24-29-27(22-7-3-1-4-8-22)28(36-24)23-9-5-2-6-10-23/h1-10H,11-21H2. The number of carbonyl (C=O) groups excluding carboxylic acids is 2. The molecule has 2 aromatic carbocycles. The fraction of sp³-hybridized carbons (Fsp3) is 0.393. The number of piperazine rings is 1. The Balaban J connectivity index is 1.17. The molecule has 188 valence electrons. The van der Waals surface area contributed by atoms with Crippen LogP contribution in [0, 0.1) is 0 Å². The maximum absolute atomic E-state index is 12.9. The van der Waals surface area contributed by atoms with Gasteiger partial charge in [-0.05, 0) is 0 Å². The Bertz CT molecular complexity index is 1090. The highest BCUT2D eigenvalue weighted by molar-refractivity contribution is 5.80. The number of nitrogens with zero attached hydrogens (tertiary/aromatic N) is 4. The zero-order valence-electron chi connectivity index (χ0n) is 20.5. The summed E-state index contributed by atoms with van der Waals surface area (Å²) < 4.78 is 11.5. The molecule has 2 saturated heterocycles. The van der Waals surface area contributed by atoms with E-state index in [2.05, 4.69) is 4.90 Å². The van der Waals surface area contributed by atoms with Gasteiger partial charge >= 0.3 is 0 Å². The van der Waals surface area contributed by atoms with Gasteiger partial charge in [0.2, 0.25) is 11.8 Å². The second kappa shape index (κ2) is 11.5. The lowest BCUT2D eigenvalue weighted by Gasteiger charge is -2.36. The van der Waals surface area contributed by atoms with Crippen molar-refractivity contribution >= 4 is 11.8 Å². The number of aromatic nitrogens is 1. The van der Waals surface area contributed by atoms with Gasteiger partial charge < -0.3 is 19.0 Å². The Hall–Kier alpha value is -3.49. The molecule has 2 aliphatic heterocycles. The number of rotatable bonds is 7. The Morgan fingerprint density at radius 1 is 0.750 bits per heavy atom. The molecule has 2 amide bonds. The van der Waals surface area contributed by atoms with Gasteiger partial charge in [0.1, 0.15) is 5.69 Å². The number of carbonyl (C=O) groups is 2. The van der Waals surface area contributed by atoms with Crippen LogP contribution in [0.4, 0.5) is 0 Å². The predicted octanol–water partition coefficient (Wildman–Crippen LogP) is 2.94. The summed E-state index contributed by atoms with van der Waals surface area (Å²) in [6, 6.07) is 19.9. The van der Waals surface area contributed by atoms with Crippen molar-refractivity contribution in [1.82, 2.24) is 19.7 Å². The smallest absolute Gasteiger partial charge is 0.236 e. The molecular weight excluding hydrogens is 456 g/mol. The third kappa shape index (κ3) is 5.83. The second-order valence-electron chi connectivity index (χ2n) is 9.17. The van der Waals surface area contributed by atoms with Gasteiger partial charge in [-0.15, -0.1) is 0 Å². The van der Waals surface area contributed by atoms with Crippen LogP contribution in [0.5, 0.6) is 0 Å². The zero-order chi connectivity index (χ0) is 24.7. The summed E-state index contributed by atoms with van der Waals surface area (Å²) in [7, 11) is 0. The maximum Gasteiger partial charge on any atom is 0.236 e. The molecule has 0 N–H and O–H groups in total. The fourth-order valence-electron chi connectivity index (χ4n) is 4.68. The number of oxazole rings is 1. The van der Waals surface area contributed by atoms with Crippen LogP contribution < -0.4 is 0 Å². The van der Waals surface area contributed by atoms with Crippen LogP contribution in [-0.4, -0.2) is 90.5 Å². The Labute approximate surface area is 211 Å². The molecule has 0 atom stereocenters. The number of benzene rings is 2. The minimum Gasteiger partial charge on any atom is -0.440 e. The van der Waals surface area contributed by atoms with Crippen molar-refractivity contribution < 1.29 is 18.7 Å². The maximum atomic E-state index is 12.9. The molecular formula is C28H32N4O4. The van der Waals surface area contributed by atoms with Gasteiger partial charge in [-0.2, -0.15) is 0 Å². The van der Waals surface area contributed by atoms with Crippen molar-refractivity contribution in [2.75, 3.05) is 59.0 Å². The van der Waals surface area contributed by atoms with Gasteiger partial charge in [-0.25, -0.2) is 4.98 Å². The molecule has 0 unspecified atom stereocenters. The molecule has 0 radical (unpaired) electrons. The number of morpholine rings is 1. The van der Waals surface area contributed by atoms with Crippen molar-refractivity contribution in [3.63, 3.8) is 0 Å². The zero-order valence-corrected chi connectivity index (χ0v) is 20.5. The Morgan fingerprint density at radius 3 is 1.97 bits per heavy atom. The van der Waals surface area contributed by atoms with Crippen LogP contribution >= 0.6 is 0 Å². The topological polar surface area (TPSA) is 79.1 Å². The lowest BCUT2D eigenvalue weighted by molar-refractivity contribution is -0.140. The van der Waals surface area contributed by atoms with E-state index in [1.165, 1.54) is 0 Å². The highest BCUT2D eigenvalue weighted by Gasteiger charge is 2.26. The summed E-state index contributed by atoms with van der Waals surface area (Å²) >= 11 is 0. The monoisotopic (exact) mass is 488 g/mol. The Morgan fingerprint density at radius 2 is 1.33 bits per heavy atom. The number of amides is 2. The lowest BCUT2D eigenvalue weighted by Crippen LogP contribution is -2.53.